The maximum Gasteiger partial charge on any atom is 0.193 e. The van der Waals surface area contributed by atoms with Gasteiger partial charge in [0.05, 0.1) is 13.2 Å². The summed E-state index contributed by atoms with van der Waals surface area (Å²) in [6, 6.07) is 8.83. The molecule has 0 bridgehead atoms. The van der Waals surface area contributed by atoms with Crippen molar-refractivity contribution in [3.05, 3.63) is 35.4 Å². The van der Waals surface area contributed by atoms with Crippen LogP contribution in [0.4, 0.5) is 0 Å². The Hall–Kier alpha value is -1.55. The molecule has 1 N–H and O–H groups in total. The summed E-state index contributed by atoms with van der Waals surface area (Å²) in [6.07, 6.45) is 4.97. The van der Waals surface area contributed by atoms with E-state index in [0.29, 0.717) is 5.41 Å². The normalized spacial score (nSPS) is 27.9. The fraction of sp³-hybridized carbons (Fsp3) is 0.667. The van der Waals surface area contributed by atoms with Crippen molar-refractivity contribution in [3.8, 4) is 0 Å². The summed E-state index contributed by atoms with van der Waals surface area (Å²) in [4.78, 5) is 7.56. The molecule has 1 aliphatic carbocycles. The van der Waals surface area contributed by atoms with E-state index in [0.717, 1.165) is 45.4 Å². The molecule has 4 nitrogen and oxygen atoms in total. The number of benzene rings is 1. The molecule has 0 aromatic heterocycles. The molecule has 1 atom stereocenters. The minimum Gasteiger partial charge on any atom is -0.381 e. The van der Waals surface area contributed by atoms with Crippen LogP contribution in [-0.4, -0.2) is 50.3 Å². The smallest absolute Gasteiger partial charge is 0.193 e. The lowest BCUT2D eigenvalue weighted by Crippen LogP contribution is -2.42. The first-order chi connectivity index (χ1) is 12.2. The molecule has 25 heavy (non-hydrogen) atoms. The highest BCUT2D eigenvalue weighted by molar-refractivity contribution is 5.80. The highest BCUT2D eigenvalue weighted by atomic mass is 16.5. The summed E-state index contributed by atoms with van der Waals surface area (Å²) < 4.78 is 5.68. The monoisotopic (exact) mass is 341 g/mol. The van der Waals surface area contributed by atoms with E-state index >= 15 is 0 Å². The van der Waals surface area contributed by atoms with E-state index in [1.54, 1.807) is 0 Å². The van der Waals surface area contributed by atoms with Crippen LogP contribution in [0.1, 0.15) is 43.7 Å². The first-order valence-electron chi connectivity index (χ1n) is 9.84. The van der Waals surface area contributed by atoms with E-state index in [4.69, 9.17) is 9.73 Å². The lowest BCUT2D eigenvalue weighted by Gasteiger charge is -2.25. The fourth-order valence-corrected chi connectivity index (χ4v) is 4.57. The number of hydrogen-bond acceptors (Lipinski definition) is 2. The zero-order valence-electron chi connectivity index (χ0n) is 15.7. The summed E-state index contributed by atoms with van der Waals surface area (Å²) in [7, 11) is 0. The molecule has 3 fully saturated rings. The van der Waals surface area contributed by atoms with Gasteiger partial charge in [0.25, 0.3) is 0 Å². The van der Waals surface area contributed by atoms with E-state index in [1.165, 1.54) is 36.8 Å². The van der Waals surface area contributed by atoms with E-state index in [1.807, 2.05) is 0 Å². The average Bonchev–Trinajstić information content (AvgIpc) is 3.08. The van der Waals surface area contributed by atoms with Crippen LogP contribution in [-0.2, 0) is 10.2 Å². The minimum absolute atomic E-state index is 0.278. The predicted molar refractivity (Wildman–Crippen MR) is 102 cm³/mol. The van der Waals surface area contributed by atoms with Crippen LogP contribution in [0.2, 0.25) is 0 Å². The zero-order chi connectivity index (χ0) is 17.3. The second kappa shape index (κ2) is 6.64. The van der Waals surface area contributed by atoms with Crippen LogP contribution in [0.15, 0.2) is 29.3 Å². The van der Waals surface area contributed by atoms with Gasteiger partial charge in [-0.2, -0.15) is 0 Å². The average molecular weight is 341 g/mol. The van der Waals surface area contributed by atoms with Gasteiger partial charge in [0, 0.05) is 37.1 Å². The van der Waals surface area contributed by atoms with E-state index in [9.17, 15) is 0 Å². The second-order valence-electron chi connectivity index (χ2n) is 8.24. The molecule has 1 spiro atoms. The number of nitrogens with zero attached hydrogens (tertiary/aromatic N) is 2. The highest BCUT2D eigenvalue weighted by Crippen LogP contribution is 2.49. The number of aliphatic imine (C=N–C) groups is 1. The van der Waals surface area contributed by atoms with Gasteiger partial charge >= 0.3 is 0 Å². The van der Waals surface area contributed by atoms with E-state index in [2.05, 4.69) is 48.3 Å². The van der Waals surface area contributed by atoms with Gasteiger partial charge in [0.15, 0.2) is 5.96 Å². The first kappa shape index (κ1) is 16.9. The van der Waals surface area contributed by atoms with Crippen LogP contribution in [0.5, 0.6) is 0 Å². The summed E-state index contributed by atoms with van der Waals surface area (Å²) >= 11 is 0. The maximum atomic E-state index is 5.68. The quantitative estimate of drug-likeness (QED) is 0.675. The second-order valence-corrected chi connectivity index (χ2v) is 8.24. The van der Waals surface area contributed by atoms with Crippen LogP contribution >= 0.6 is 0 Å². The van der Waals surface area contributed by atoms with Gasteiger partial charge in [-0.15, -0.1) is 0 Å². The summed E-state index contributed by atoms with van der Waals surface area (Å²) in [5, 5.41) is 3.53. The zero-order valence-corrected chi connectivity index (χ0v) is 15.7. The Kier molecular flexibility index (Phi) is 4.48. The number of aryl methyl sites for hydroxylation is 1. The molecule has 1 unspecified atom stereocenters. The van der Waals surface area contributed by atoms with Crippen molar-refractivity contribution >= 4 is 5.96 Å². The number of guanidine groups is 1. The van der Waals surface area contributed by atoms with Crippen molar-refractivity contribution in [1.29, 1.82) is 0 Å². The SMILES string of the molecule is CCNC(=NCC1(c2ccccc2C)CC1)N1CCC2(CCOC2)C1. The molecule has 136 valence electrons. The van der Waals surface area contributed by atoms with Crippen molar-refractivity contribution in [2.75, 3.05) is 39.4 Å². The maximum absolute atomic E-state index is 5.68. The Bertz CT molecular complexity index is 644. The number of likely N-dealkylation sites (tertiary alicyclic amines) is 1. The van der Waals surface area contributed by atoms with Gasteiger partial charge in [-0.05, 0) is 50.7 Å². The number of ether oxygens (including phenoxy) is 1. The molecule has 2 aliphatic heterocycles. The Morgan fingerprint density at radius 3 is 2.76 bits per heavy atom. The Balaban J connectivity index is 1.49. The van der Waals surface area contributed by atoms with Crippen LogP contribution < -0.4 is 5.32 Å². The standard InChI is InChI=1S/C21H31N3O/c1-3-22-19(24-12-10-20(15-24)11-13-25-16-20)23-14-21(8-9-21)18-7-5-4-6-17(18)2/h4-7H,3,8-16H2,1-2H3,(H,22,23). The van der Waals surface area contributed by atoms with Crippen molar-refractivity contribution in [3.63, 3.8) is 0 Å². The molecule has 2 saturated heterocycles. The number of rotatable bonds is 4. The van der Waals surface area contributed by atoms with Gasteiger partial charge in [-0.1, -0.05) is 24.3 Å². The molecule has 4 rings (SSSR count). The molecule has 4 heteroatoms. The van der Waals surface area contributed by atoms with E-state index < -0.39 is 0 Å². The Morgan fingerprint density at radius 1 is 1.24 bits per heavy atom. The van der Waals surface area contributed by atoms with Crippen molar-refractivity contribution in [2.45, 2.75) is 44.9 Å². The van der Waals surface area contributed by atoms with Crippen molar-refractivity contribution in [1.82, 2.24) is 10.2 Å². The van der Waals surface area contributed by atoms with Gasteiger partial charge in [-0.3, -0.25) is 4.99 Å². The van der Waals surface area contributed by atoms with Crippen LogP contribution in [0, 0.1) is 12.3 Å². The Labute approximate surface area is 151 Å². The third-order valence-corrected chi connectivity index (χ3v) is 6.36. The van der Waals surface area contributed by atoms with E-state index in [-0.39, 0.29) is 5.41 Å². The lowest BCUT2D eigenvalue weighted by molar-refractivity contribution is 0.156. The van der Waals surface area contributed by atoms with Gasteiger partial charge in [-0.25, -0.2) is 0 Å². The van der Waals surface area contributed by atoms with Gasteiger partial charge in [0.2, 0.25) is 0 Å². The highest BCUT2D eigenvalue weighted by Gasteiger charge is 2.46. The third-order valence-electron chi connectivity index (χ3n) is 6.36. The van der Waals surface area contributed by atoms with Gasteiger partial charge < -0.3 is 15.0 Å². The van der Waals surface area contributed by atoms with Gasteiger partial charge in [0.1, 0.15) is 0 Å². The summed E-state index contributed by atoms with van der Waals surface area (Å²) in [5.74, 6) is 1.10. The largest absolute Gasteiger partial charge is 0.381 e. The number of nitrogens with one attached hydrogen (secondary N) is 1. The topological polar surface area (TPSA) is 36.9 Å². The molecule has 2 heterocycles. The molecule has 1 aromatic carbocycles. The molecular weight excluding hydrogens is 310 g/mol. The predicted octanol–water partition coefficient (Wildman–Crippen LogP) is 3.10. The van der Waals surface area contributed by atoms with Crippen molar-refractivity contribution in [2.24, 2.45) is 10.4 Å². The van der Waals surface area contributed by atoms with Crippen molar-refractivity contribution < 1.29 is 4.74 Å². The molecule has 0 radical (unpaired) electrons. The van der Waals surface area contributed by atoms with Crippen LogP contribution in [0.3, 0.4) is 0 Å². The first-order valence-corrected chi connectivity index (χ1v) is 9.84. The molecule has 1 saturated carbocycles. The van der Waals surface area contributed by atoms with Crippen LogP contribution in [0.25, 0.3) is 0 Å². The Morgan fingerprint density at radius 2 is 2.08 bits per heavy atom. The fourth-order valence-electron chi connectivity index (χ4n) is 4.57. The minimum atomic E-state index is 0.278. The molecular formula is C21H31N3O. The summed E-state index contributed by atoms with van der Waals surface area (Å²) in [6.45, 7) is 10.3. The number of hydrogen-bond donors (Lipinski definition) is 1. The lowest BCUT2D eigenvalue weighted by atomic mass is 9.87. The third kappa shape index (κ3) is 3.29. The molecule has 3 aliphatic rings. The summed E-state index contributed by atoms with van der Waals surface area (Å²) in [5.41, 5.74) is 3.56. The molecule has 0 amide bonds. The molecule has 1 aromatic rings.